The number of benzene rings is 1. The van der Waals surface area contributed by atoms with Gasteiger partial charge in [-0.25, -0.2) is 0 Å². The maximum atomic E-state index is 5.39. The van der Waals surface area contributed by atoms with Crippen molar-refractivity contribution in [1.29, 1.82) is 0 Å². The Bertz CT molecular complexity index is 412. The van der Waals surface area contributed by atoms with Crippen LogP contribution in [0.25, 0.3) is 0 Å². The first-order chi connectivity index (χ1) is 9.24. The van der Waals surface area contributed by atoms with Gasteiger partial charge in [-0.15, -0.1) is 0 Å². The Kier molecular flexibility index (Phi) is 5.01. The second-order valence-electron chi connectivity index (χ2n) is 4.88. The molecule has 0 saturated carbocycles. The second kappa shape index (κ2) is 6.75. The first kappa shape index (κ1) is 14.1. The molecule has 2 atom stereocenters. The lowest BCUT2D eigenvalue weighted by molar-refractivity contribution is 0.388. The second-order valence-corrected chi connectivity index (χ2v) is 4.88. The molecule has 2 unspecified atom stereocenters. The van der Waals surface area contributed by atoms with Crippen LogP contribution in [-0.4, -0.2) is 33.4 Å². The summed E-state index contributed by atoms with van der Waals surface area (Å²) in [6, 6.07) is 6.42. The fourth-order valence-electron chi connectivity index (χ4n) is 2.28. The van der Waals surface area contributed by atoms with Crippen LogP contribution < -0.4 is 25.6 Å². The summed E-state index contributed by atoms with van der Waals surface area (Å²) < 4.78 is 10.6. The van der Waals surface area contributed by atoms with E-state index in [-0.39, 0.29) is 0 Å². The van der Waals surface area contributed by atoms with Crippen molar-refractivity contribution in [3.63, 3.8) is 0 Å². The summed E-state index contributed by atoms with van der Waals surface area (Å²) in [5, 5.41) is 3.49. The monoisotopic (exact) mass is 265 g/mol. The van der Waals surface area contributed by atoms with Crippen LogP contribution >= 0.6 is 0 Å². The van der Waals surface area contributed by atoms with E-state index in [4.69, 9.17) is 9.47 Å². The van der Waals surface area contributed by atoms with Crippen LogP contribution in [0.2, 0.25) is 0 Å². The molecule has 1 aromatic rings. The highest BCUT2D eigenvalue weighted by Gasteiger charge is 2.21. The fourth-order valence-corrected chi connectivity index (χ4v) is 2.28. The summed E-state index contributed by atoms with van der Waals surface area (Å²) in [6.45, 7) is 4.99. The summed E-state index contributed by atoms with van der Waals surface area (Å²) in [6.07, 6.45) is 0. The smallest absolute Gasteiger partial charge is 0.127 e. The minimum absolute atomic E-state index is 0.505. The van der Waals surface area contributed by atoms with Crippen LogP contribution in [0.1, 0.15) is 12.5 Å². The highest BCUT2D eigenvalue weighted by atomic mass is 16.5. The lowest BCUT2D eigenvalue weighted by Gasteiger charge is -2.16. The highest BCUT2D eigenvalue weighted by molar-refractivity contribution is 5.40. The molecule has 19 heavy (non-hydrogen) atoms. The molecule has 5 nitrogen and oxygen atoms in total. The molecule has 0 amide bonds. The first-order valence-corrected chi connectivity index (χ1v) is 6.64. The van der Waals surface area contributed by atoms with Gasteiger partial charge in [-0.3, -0.25) is 10.9 Å². The molecule has 1 aliphatic heterocycles. The predicted molar refractivity (Wildman–Crippen MR) is 75.3 cm³/mol. The Labute approximate surface area is 114 Å². The molecular formula is C14H23N3O2. The zero-order valence-electron chi connectivity index (χ0n) is 11.8. The number of ether oxygens (including phenoxy) is 2. The molecule has 0 aromatic heterocycles. The van der Waals surface area contributed by atoms with Gasteiger partial charge < -0.3 is 14.8 Å². The van der Waals surface area contributed by atoms with Crippen molar-refractivity contribution in [3.05, 3.63) is 23.8 Å². The minimum Gasteiger partial charge on any atom is -0.497 e. The Morgan fingerprint density at radius 1 is 1.32 bits per heavy atom. The fraction of sp³-hybridized carbons (Fsp3) is 0.571. The quantitative estimate of drug-likeness (QED) is 0.714. The van der Waals surface area contributed by atoms with Gasteiger partial charge in [0.1, 0.15) is 11.5 Å². The van der Waals surface area contributed by atoms with E-state index in [1.807, 2.05) is 18.2 Å². The normalized spacial score (nSPS) is 22.5. The molecule has 2 rings (SSSR count). The van der Waals surface area contributed by atoms with Crippen LogP contribution in [0.15, 0.2) is 18.2 Å². The lowest BCUT2D eigenvalue weighted by Crippen LogP contribution is -2.32. The number of hydrogen-bond acceptors (Lipinski definition) is 5. The van der Waals surface area contributed by atoms with Gasteiger partial charge in [0.15, 0.2) is 0 Å². The van der Waals surface area contributed by atoms with Crippen LogP contribution in [-0.2, 0) is 6.54 Å². The SMILES string of the molecule is COc1ccc(CNCC2CNNC2C)c(OC)c1. The molecule has 1 aromatic carbocycles. The summed E-state index contributed by atoms with van der Waals surface area (Å²) in [5.74, 6) is 2.30. The van der Waals surface area contributed by atoms with Gasteiger partial charge in [-0.1, -0.05) is 6.07 Å². The van der Waals surface area contributed by atoms with Crippen LogP contribution in [0, 0.1) is 5.92 Å². The molecule has 106 valence electrons. The van der Waals surface area contributed by atoms with Crippen molar-refractivity contribution >= 4 is 0 Å². The van der Waals surface area contributed by atoms with Gasteiger partial charge in [-0.05, 0) is 13.0 Å². The average Bonchev–Trinajstić information content (AvgIpc) is 2.84. The zero-order valence-corrected chi connectivity index (χ0v) is 11.8. The number of nitrogens with one attached hydrogen (secondary N) is 3. The molecule has 3 N–H and O–H groups in total. The molecule has 0 aliphatic carbocycles. The number of hydrazine groups is 1. The van der Waals surface area contributed by atoms with Crippen molar-refractivity contribution in [2.75, 3.05) is 27.3 Å². The number of rotatable bonds is 6. The predicted octanol–water partition coefficient (Wildman–Crippen LogP) is 0.906. The molecule has 1 saturated heterocycles. The zero-order chi connectivity index (χ0) is 13.7. The van der Waals surface area contributed by atoms with E-state index in [1.165, 1.54) is 0 Å². The molecule has 1 heterocycles. The molecule has 0 radical (unpaired) electrons. The minimum atomic E-state index is 0.505. The molecule has 0 bridgehead atoms. The summed E-state index contributed by atoms with van der Waals surface area (Å²) >= 11 is 0. The van der Waals surface area contributed by atoms with Crippen molar-refractivity contribution in [1.82, 2.24) is 16.2 Å². The van der Waals surface area contributed by atoms with Gasteiger partial charge in [0.25, 0.3) is 0 Å². The van der Waals surface area contributed by atoms with Crippen molar-refractivity contribution in [3.8, 4) is 11.5 Å². The van der Waals surface area contributed by atoms with E-state index in [0.29, 0.717) is 12.0 Å². The Morgan fingerprint density at radius 3 is 2.79 bits per heavy atom. The van der Waals surface area contributed by atoms with E-state index in [0.717, 1.165) is 36.7 Å². The van der Waals surface area contributed by atoms with Crippen molar-refractivity contribution < 1.29 is 9.47 Å². The third-order valence-corrected chi connectivity index (χ3v) is 3.62. The molecule has 5 heteroatoms. The summed E-state index contributed by atoms with van der Waals surface area (Å²) in [7, 11) is 3.35. The molecular weight excluding hydrogens is 242 g/mol. The van der Waals surface area contributed by atoms with Gasteiger partial charge in [-0.2, -0.15) is 0 Å². The molecule has 1 fully saturated rings. The molecule has 0 spiro atoms. The third kappa shape index (κ3) is 3.59. The number of hydrogen-bond donors (Lipinski definition) is 3. The summed E-state index contributed by atoms with van der Waals surface area (Å²) in [5.41, 5.74) is 7.55. The van der Waals surface area contributed by atoms with Gasteiger partial charge in [0, 0.05) is 43.2 Å². The van der Waals surface area contributed by atoms with Crippen LogP contribution in [0.4, 0.5) is 0 Å². The van der Waals surface area contributed by atoms with Crippen molar-refractivity contribution in [2.24, 2.45) is 5.92 Å². The Morgan fingerprint density at radius 2 is 2.16 bits per heavy atom. The number of methoxy groups -OCH3 is 2. The van der Waals surface area contributed by atoms with Gasteiger partial charge in [0.05, 0.1) is 14.2 Å². The largest absolute Gasteiger partial charge is 0.497 e. The Hall–Kier alpha value is -1.30. The van der Waals surface area contributed by atoms with Crippen LogP contribution in [0.5, 0.6) is 11.5 Å². The van der Waals surface area contributed by atoms with E-state index < -0.39 is 0 Å². The third-order valence-electron chi connectivity index (χ3n) is 3.62. The van der Waals surface area contributed by atoms with E-state index in [2.05, 4.69) is 23.1 Å². The first-order valence-electron chi connectivity index (χ1n) is 6.64. The van der Waals surface area contributed by atoms with Crippen LogP contribution in [0.3, 0.4) is 0 Å². The molecule has 1 aliphatic rings. The highest BCUT2D eigenvalue weighted by Crippen LogP contribution is 2.24. The summed E-state index contributed by atoms with van der Waals surface area (Å²) in [4.78, 5) is 0. The van der Waals surface area contributed by atoms with Crippen molar-refractivity contribution in [2.45, 2.75) is 19.5 Å². The van der Waals surface area contributed by atoms with Gasteiger partial charge in [0.2, 0.25) is 0 Å². The maximum Gasteiger partial charge on any atom is 0.127 e. The van der Waals surface area contributed by atoms with E-state index in [1.54, 1.807) is 14.2 Å². The topological polar surface area (TPSA) is 54.5 Å². The van der Waals surface area contributed by atoms with E-state index >= 15 is 0 Å². The Balaban J connectivity index is 1.88. The van der Waals surface area contributed by atoms with E-state index in [9.17, 15) is 0 Å². The van der Waals surface area contributed by atoms with Gasteiger partial charge >= 0.3 is 0 Å². The maximum absolute atomic E-state index is 5.39. The average molecular weight is 265 g/mol. The lowest BCUT2D eigenvalue weighted by atomic mass is 10.0. The standard InChI is InChI=1S/C14H23N3O2/c1-10-12(9-16-17-10)8-15-7-11-4-5-13(18-2)6-14(11)19-3/h4-6,10,12,15-17H,7-9H2,1-3H3.